The van der Waals surface area contributed by atoms with Crippen LogP contribution in [0.15, 0.2) is 59.5 Å². The standard InChI is InChI=1S/C22H24N4O4S2/c1-16-20(31-22(23-16)24-32(28,29)19-9-4-3-5-10-19)21(27)26-13-11-25(12-14-26)17-7-6-8-18(15-17)30-2/h3-10,15H,11-14H2,1-2H3,(H,23,24). The van der Waals surface area contributed by atoms with Crippen molar-refractivity contribution < 1.29 is 17.9 Å². The Labute approximate surface area is 191 Å². The zero-order valence-corrected chi connectivity index (χ0v) is 19.4. The number of piperazine rings is 1. The lowest BCUT2D eigenvalue weighted by Gasteiger charge is -2.36. The van der Waals surface area contributed by atoms with Crippen LogP contribution >= 0.6 is 11.3 Å². The van der Waals surface area contributed by atoms with Gasteiger partial charge in [0.25, 0.3) is 15.9 Å². The maximum Gasteiger partial charge on any atom is 0.266 e. The number of sulfonamides is 1. The van der Waals surface area contributed by atoms with E-state index < -0.39 is 10.0 Å². The summed E-state index contributed by atoms with van der Waals surface area (Å²) in [6.07, 6.45) is 0. The molecule has 0 aliphatic carbocycles. The van der Waals surface area contributed by atoms with E-state index in [2.05, 4.69) is 14.6 Å². The number of amides is 1. The number of carbonyl (C=O) groups excluding carboxylic acids is 1. The van der Waals surface area contributed by atoms with Crippen LogP contribution in [0.2, 0.25) is 0 Å². The highest BCUT2D eigenvalue weighted by molar-refractivity contribution is 7.93. The van der Waals surface area contributed by atoms with Gasteiger partial charge in [-0.15, -0.1) is 0 Å². The van der Waals surface area contributed by atoms with E-state index in [-0.39, 0.29) is 15.9 Å². The normalized spacial score (nSPS) is 14.3. The number of anilines is 2. The largest absolute Gasteiger partial charge is 0.497 e. The molecule has 168 valence electrons. The van der Waals surface area contributed by atoms with Crippen molar-refractivity contribution in [3.05, 3.63) is 65.2 Å². The average molecular weight is 473 g/mol. The van der Waals surface area contributed by atoms with Gasteiger partial charge < -0.3 is 14.5 Å². The molecule has 3 aromatic rings. The summed E-state index contributed by atoms with van der Waals surface area (Å²) in [7, 11) is -2.11. The Morgan fingerprint density at radius 3 is 2.47 bits per heavy atom. The fraction of sp³-hybridized carbons (Fsp3) is 0.273. The van der Waals surface area contributed by atoms with Gasteiger partial charge in [0.1, 0.15) is 10.6 Å². The minimum absolute atomic E-state index is 0.129. The summed E-state index contributed by atoms with van der Waals surface area (Å²) in [6, 6.07) is 15.9. The highest BCUT2D eigenvalue weighted by Gasteiger charge is 2.27. The Kier molecular flexibility index (Phi) is 6.33. The Balaban J connectivity index is 1.43. The van der Waals surface area contributed by atoms with Gasteiger partial charge in [-0.25, -0.2) is 13.4 Å². The minimum atomic E-state index is -3.75. The molecule has 0 unspecified atom stereocenters. The molecule has 1 fully saturated rings. The van der Waals surface area contributed by atoms with Gasteiger partial charge in [-0.2, -0.15) is 0 Å². The van der Waals surface area contributed by atoms with Gasteiger partial charge >= 0.3 is 0 Å². The average Bonchev–Trinajstić information content (AvgIpc) is 3.18. The van der Waals surface area contributed by atoms with Gasteiger partial charge in [0, 0.05) is 37.9 Å². The number of hydrogen-bond donors (Lipinski definition) is 1. The van der Waals surface area contributed by atoms with E-state index in [1.54, 1.807) is 37.1 Å². The Hall–Kier alpha value is -3.11. The summed E-state index contributed by atoms with van der Waals surface area (Å²) in [5.41, 5.74) is 1.57. The van der Waals surface area contributed by atoms with E-state index >= 15 is 0 Å². The zero-order chi connectivity index (χ0) is 22.7. The predicted molar refractivity (Wildman–Crippen MR) is 125 cm³/mol. The van der Waals surface area contributed by atoms with Crippen LogP contribution in [-0.4, -0.2) is 57.5 Å². The quantitative estimate of drug-likeness (QED) is 0.592. The van der Waals surface area contributed by atoms with Crippen molar-refractivity contribution in [3.63, 3.8) is 0 Å². The lowest BCUT2D eigenvalue weighted by molar-refractivity contribution is 0.0750. The first-order chi connectivity index (χ1) is 15.4. The number of nitrogens with one attached hydrogen (secondary N) is 1. The van der Waals surface area contributed by atoms with Crippen molar-refractivity contribution in [2.45, 2.75) is 11.8 Å². The first-order valence-corrected chi connectivity index (χ1v) is 12.4. The number of nitrogens with zero attached hydrogens (tertiary/aromatic N) is 3. The molecule has 1 aliphatic rings. The number of aryl methyl sites for hydroxylation is 1. The number of aromatic nitrogens is 1. The molecule has 0 spiro atoms. The van der Waals surface area contributed by atoms with Gasteiger partial charge in [-0.05, 0) is 31.2 Å². The molecule has 0 radical (unpaired) electrons. The first-order valence-electron chi connectivity index (χ1n) is 10.1. The lowest BCUT2D eigenvalue weighted by atomic mass is 10.2. The Morgan fingerprint density at radius 2 is 1.78 bits per heavy atom. The number of ether oxygens (including phenoxy) is 1. The number of carbonyl (C=O) groups is 1. The molecule has 2 heterocycles. The van der Waals surface area contributed by atoms with E-state index in [1.165, 1.54) is 12.1 Å². The summed E-state index contributed by atoms with van der Waals surface area (Å²) in [5, 5.41) is 0.185. The topological polar surface area (TPSA) is 91.8 Å². The third kappa shape index (κ3) is 4.71. The lowest BCUT2D eigenvalue weighted by Crippen LogP contribution is -2.48. The van der Waals surface area contributed by atoms with Gasteiger partial charge in [0.2, 0.25) is 0 Å². The molecule has 0 atom stereocenters. The highest BCUT2D eigenvalue weighted by atomic mass is 32.2. The first kappa shape index (κ1) is 22.1. The van der Waals surface area contributed by atoms with Crippen LogP contribution in [0.4, 0.5) is 10.8 Å². The molecule has 0 bridgehead atoms. The Bertz CT molecular complexity index is 1200. The molecule has 1 saturated heterocycles. The van der Waals surface area contributed by atoms with Gasteiger partial charge in [-0.3, -0.25) is 9.52 Å². The second kappa shape index (κ2) is 9.17. The molecule has 2 aromatic carbocycles. The summed E-state index contributed by atoms with van der Waals surface area (Å²) < 4.78 is 32.9. The van der Waals surface area contributed by atoms with Crippen molar-refractivity contribution in [3.8, 4) is 5.75 Å². The molecule has 10 heteroatoms. The van der Waals surface area contributed by atoms with Crippen LogP contribution in [0.1, 0.15) is 15.4 Å². The van der Waals surface area contributed by atoms with Crippen molar-refractivity contribution in [1.82, 2.24) is 9.88 Å². The molecule has 1 aromatic heterocycles. The fourth-order valence-electron chi connectivity index (χ4n) is 3.53. The zero-order valence-electron chi connectivity index (χ0n) is 17.8. The second-order valence-electron chi connectivity index (χ2n) is 7.33. The summed E-state index contributed by atoms with van der Waals surface area (Å²) in [6.45, 7) is 4.25. The van der Waals surface area contributed by atoms with E-state index in [1.807, 2.05) is 24.3 Å². The third-order valence-corrected chi connectivity index (χ3v) is 7.80. The fourth-order valence-corrected chi connectivity index (χ4v) is 5.72. The second-order valence-corrected chi connectivity index (χ2v) is 10.0. The summed E-state index contributed by atoms with van der Waals surface area (Å²) in [5.74, 6) is 0.669. The smallest absolute Gasteiger partial charge is 0.266 e. The number of thiazole rings is 1. The van der Waals surface area contributed by atoms with Gasteiger partial charge in [-0.1, -0.05) is 35.6 Å². The minimum Gasteiger partial charge on any atom is -0.497 e. The molecule has 4 rings (SSSR count). The summed E-state index contributed by atoms with van der Waals surface area (Å²) in [4.78, 5) is 22.0. The maximum absolute atomic E-state index is 13.1. The molecule has 1 N–H and O–H groups in total. The maximum atomic E-state index is 13.1. The van der Waals surface area contributed by atoms with E-state index in [0.717, 1.165) is 22.8 Å². The molecule has 32 heavy (non-hydrogen) atoms. The molecule has 1 aliphatic heterocycles. The third-order valence-electron chi connectivity index (χ3n) is 5.25. The van der Waals surface area contributed by atoms with Crippen molar-refractivity contribution in [2.75, 3.05) is 42.9 Å². The van der Waals surface area contributed by atoms with Crippen molar-refractivity contribution in [1.29, 1.82) is 0 Å². The van der Waals surface area contributed by atoms with Crippen molar-refractivity contribution >= 4 is 38.1 Å². The van der Waals surface area contributed by atoms with Gasteiger partial charge in [0.15, 0.2) is 5.13 Å². The molecular formula is C22H24N4O4S2. The number of benzene rings is 2. The predicted octanol–water partition coefficient (Wildman–Crippen LogP) is 3.22. The number of rotatable bonds is 6. The van der Waals surface area contributed by atoms with Crippen LogP contribution in [0, 0.1) is 6.92 Å². The van der Waals surface area contributed by atoms with Crippen molar-refractivity contribution in [2.24, 2.45) is 0 Å². The van der Waals surface area contributed by atoms with Crippen LogP contribution in [0.5, 0.6) is 5.75 Å². The van der Waals surface area contributed by atoms with Gasteiger partial charge in [0.05, 0.1) is 17.7 Å². The summed E-state index contributed by atoms with van der Waals surface area (Å²) >= 11 is 1.06. The molecule has 1 amide bonds. The van der Waals surface area contributed by atoms with Crippen LogP contribution in [0.25, 0.3) is 0 Å². The molecule has 0 saturated carbocycles. The van der Waals surface area contributed by atoms with E-state index in [0.29, 0.717) is 36.8 Å². The number of methoxy groups -OCH3 is 1. The van der Waals surface area contributed by atoms with E-state index in [9.17, 15) is 13.2 Å². The molecular weight excluding hydrogens is 448 g/mol. The number of hydrogen-bond acceptors (Lipinski definition) is 7. The van der Waals surface area contributed by atoms with Crippen LogP contribution < -0.4 is 14.4 Å². The van der Waals surface area contributed by atoms with Crippen LogP contribution in [0.3, 0.4) is 0 Å². The molecule has 8 nitrogen and oxygen atoms in total. The Morgan fingerprint density at radius 1 is 1.06 bits per heavy atom. The highest BCUT2D eigenvalue weighted by Crippen LogP contribution is 2.27. The van der Waals surface area contributed by atoms with Crippen LogP contribution in [-0.2, 0) is 10.0 Å². The SMILES string of the molecule is COc1cccc(N2CCN(C(=O)c3sc(NS(=O)(=O)c4ccccc4)nc3C)CC2)c1. The van der Waals surface area contributed by atoms with E-state index in [4.69, 9.17) is 4.74 Å². The monoisotopic (exact) mass is 472 g/mol.